The zero-order valence-corrected chi connectivity index (χ0v) is 10.7. The van der Waals surface area contributed by atoms with Crippen LogP contribution < -0.4 is 0 Å². The highest BCUT2D eigenvalue weighted by Gasteiger charge is 2.15. The summed E-state index contributed by atoms with van der Waals surface area (Å²) in [5.74, 6) is -0.308. The molecule has 17 heavy (non-hydrogen) atoms. The van der Waals surface area contributed by atoms with Gasteiger partial charge >= 0.3 is 5.97 Å². The van der Waals surface area contributed by atoms with Crippen LogP contribution in [0.1, 0.15) is 15.2 Å². The number of carbonyl (C=O) groups excluding carboxylic acids is 1. The fourth-order valence-electron chi connectivity index (χ4n) is 1.53. The summed E-state index contributed by atoms with van der Waals surface area (Å²) in [6.07, 6.45) is 1.78. The monoisotopic (exact) mass is 255 g/mol. The van der Waals surface area contributed by atoms with Crippen LogP contribution in [0.4, 0.5) is 0 Å². The molecule has 0 amide bonds. The number of aliphatic hydroxyl groups excluding tert-OH is 1. The molecule has 0 atom stereocenters. The van der Waals surface area contributed by atoms with Gasteiger partial charge in [0, 0.05) is 19.6 Å². The zero-order chi connectivity index (χ0) is 12.7. The topological polar surface area (TPSA) is 49.8 Å². The summed E-state index contributed by atoms with van der Waals surface area (Å²) in [6.45, 7) is 5.61. The maximum atomic E-state index is 11.5. The predicted molar refractivity (Wildman–Crippen MR) is 68.2 cm³/mol. The minimum atomic E-state index is -0.308. The van der Waals surface area contributed by atoms with Crippen molar-refractivity contribution in [3.05, 3.63) is 34.5 Å². The first-order valence-electron chi connectivity index (χ1n) is 5.31. The van der Waals surface area contributed by atoms with Gasteiger partial charge in [-0.1, -0.05) is 6.08 Å². The van der Waals surface area contributed by atoms with Gasteiger partial charge in [-0.15, -0.1) is 17.9 Å². The number of methoxy groups -OCH3 is 1. The second-order valence-corrected chi connectivity index (χ2v) is 4.43. The molecule has 1 N–H and O–H groups in total. The Morgan fingerprint density at radius 1 is 1.71 bits per heavy atom. The maximum absolute atomic E-state index is 11.5. The third-order valence-corrected chi connectivity index (χ3v) is 3.25. The third kappa shape index (κ3) is 3.96. The molecule has 0 saturated carbocycles. The van der Waals surface area contributed by atoms with Gasteiger partial charge in [-0.2, -0.15) is 0 Å². The molecule has 0 spiro atoms. The lowest BCUT2D eigenvalue weighted by Crippen LogP contribution is -2.27. The fourth-order valence-corrected chi connectivity index (χ4v) is 2.36. The summed E-state index contributed by atoms with van der Waals surface area (Å²) in [6, 6.07) is 1.91. The van der Waals surface area contributed by atoms with Crippen LogP contribution in [0.2, 0.25) is 0 Å². The Balaban J connectivity index is 2.74. The fraction of sp³-hybridized carbons (Fsp3) is 0.417. The molecule has 0 aliphatic carbocycles. The molecule has 1 aromatic heterocycles. The summed E-state index contributed by atoms with van der Waals surface area (Å²) in [5, 5.41) is 10.8. The largest absolute Gasteiger partial charge is 0.465 e. The number of hydrogen-bond acceptors (Lipinski definition) is 5. The van der Waals surface area contributed by atoms with Crippen LogP contribution in [-0.4, -0.2) is 42.8 Å². The van der Waals surface area contributed by atoms with Gasteiger partial charge in [-0.3, -0.25) is 4.90 Å². The summed E-state index contributed by atoms with van der Waals surface area (Å²) < 4.78 is 4.72. The second-order valence-electron chi connectivity index (χ2n) is 3.51. The van der Waals surface area contributed by atoms with E-state index in [-0.39, 0.29) is 12.6 Å². The van der Waals surface area contributed by atoms with E-state index >= 15 is 0 Å². The lowest BCUT2D eigenvalue weighted by molar-refractivity contribution is 0.0604. The average molecular weight is 255 g/mol. The van der Waals surface area contributed by atoms with E-state index < -0.39 is 0 Å². The van der Waals surface area contributed by atoms with Crippen molar-refractivity contribution in [2.45, 2.75) is 6.54 Å². The number of esters is 1. The van der Waals surface area contributed by atoms with Crippen LogP contribution in [0.3, 0.4) is 0 Å². The van der Waals surface area contributed by atoms with E-state index in [0.29, 0.717) is 24.5 Å². The van der Waals surface area contributed by atoms with E-state index in [2.05, 4.69) is 6.58 Å². The molecular formula is C12H17NO3S. The van der Waals surface area contributed by atoms with Crippen molar-refractivity contribution in [2.75, 3.05) is 26.8 Å². The van der Waals surface area contributed by atoms with E-state index in [1.54, 1.807) is 6.08 Å². The lowest BCUT2D eigenvalue weighted by Gasteiger charge is -2.19. The quantitative estimate of drug-likeness (QED) is 0.593. The summed E-state index contributed by atoms with van der Waals surface area (Å²) in [5.41, 5.74) is 0.928. The number of thiophene rings is 1. The molecule has 0 aromatic carbocycles. The Morgan fingerprint density at radius 3 is 3.06 bits per heavy atom. The normalized spacial score (nSPS) is 10.5. The third-order valence-electron chi connectivity index (χ3n) is 2.32. The van der Waals surface area contributed by atoms with Gasteiger partial charge in [0.1, 0.15) is 4.88 Å². The van der Waals surface area contributed by atoms with Crippen LogP contribution in [0.5, 0.6) is 0 Å². The predicted octanol–water partition coefficient (Wildman–Crippen LogP) is 1.52. The molecule has 0 aliphatic heterocycles. The highest BCUT2D eigenvalue weighted by molar-refractivity contribution is 7.12. The molecule has 1 rings (SSSR count). The first kappa shape index (κ1) is 13.9. The van der Waals surface area contributed by atoms with Crippen molar-refractivity contribution in [3.8, 4) is 0 Å². The molecule has 0 unspecified atom stereocenters. The van der Waals surface area contributed by atoms with E-state index in [0.717, 1.165) is 5.56 Å². The van der Waals surface area contributed by atoms with Gasteiger partial charge in [0.15, 0.2) is 0 Å². The molecule has 0 aliphatic rings. The average Bonchev–Trinajstić information content (AvgIpc) is 2.77. The summed E-state index contributed by atoms with van der Waals surface area (Å²) >= 11 is 1.37. The molecule has 0 radical (unpaired) electrons. The smallest absolute Gasteiger partial charge is 0.348 e. The van der Waals surface area contributed by atoms with E-state index in [1.807, 2.05) is 16.3 Å². The van der Waals surface area contributed by atoms with Crippen molar-refractivity contribution in [3.63, 3.8) is 0 Å². The van der Waals surface area contributed by atoms with Crippen LogP contribution in [-0.2, 0) is 11.3 Å². The molecule has 5 heteroatoms. The van der Waals surface area contributed by atoms with E-state index in [9.17, 15) is 4.79 Å². The van der Waals surface area contributed by atoms with Gasteiger partial charge in [0.25, 0.3) is 0 Å². The van der Waals surface area contributed by atoms with Crippen molar-refractivity contribution in [1.82, 2.24) is 4.90 Å². The van der Waals surface area contributed by atoms with Gasteiger partial charge in [0.2, 0.25) is 0 Å². The Morgan fingerprint density at radius 2 is 2.47 bits per heavy atom. The Bertz CT molecular complexity index is 376. The van der Waals surface area contributed by atoms with Crippen molar-refractivity contribution < 1.29 is 14.6 Å². The van der Waals surface area contributed by atoms with Gasteiger partial charge < -0.3 is 9.84 Å². The first-order chi connectivity index (χ1) is 8.22. The molecular weight excluding hydrogens is 238 g/mol. The number of nitrogens with zero attached hydrogens (tertiary/aromatic N) is 1. The maximum Gasteiger partial charge on any atom is 0.348 e. The Labute approximate surface area is 105 Å². The number of rotatable bonds is 7. The van der Waals surface area contributed by atoms with Crippen molar-refractivity contribution >= 4 is 17.3 Å². The highest BCUT2D eigenvalue weighted by Crippen LogP contribution is 2.19. The number of carbonyl (C=O) groups is 1. The molecule has 4 nitrogen and oxygen atoms in total. The zero-order valence-electron chi connectivity index (χ0n) is 9.89. The highest BCUT2D eigenvalue weighted by atomic mass is 32.1. The van der Waals surface area contributed by atoms with Crippen molar-refractivity contribution in [1.29, 1.82) is 0 Å². The molecule has 1 heterocycles. The minimum absolute atomic E-state index is 0.0888. The van der Waals surface area contributed by atoms with Crippen LogP contribution in [0.25, 0.3) is 0 Å². The van der Waals surface area contributed by atoms with Gasteiger partial charge in [0.05, 0.1) is 13.7 Å². The SMILES string of the molecule is C=CCN(CCO)Cc1ccsc1C(=O)OC. The number of hydrogen-bond donors (Lipinski definition) is 1. The number of ether oxygens (including phenoxy) is 1. The molecule has 94 valence electrons. The van der Waals surface area contributed by atoms with Crippen LogP contribution >= 0.6 is 11.3 Å². The van der Waals surface area contributed by atoms with E-state index in [4.69, 9.17) is 9.84 Å². The van der Waals surface area contributed by atoms with E-state index in [1.165, 1.54) is 18.4 Å². The standard InChI is InChI=1S/C12H17NO3S/c1-3-5-13(6-7-14)9-10-4-8-17-11(10)12(15)16-2/h3-4,8,14H,1,5-7,9H2,2H3. The van der Waals surface area contributed by atoms with Crippen molar-refractivity contribution in [2.24, 2.45) is 0 Å². The number of aliphatic hydroxyl groups is 1. The minimum Gasteiger partial charge on any atom is -0.465 e. The summed E-state index contributed by atoms with van der Waals surface area (Å²) in [7, 11) is 1.38. The summed E-state index contributed by atoms with van der Waals surface area (Å²) in [4.78, 5) is 14.1. The second kappa shape index (κ2) is 7.21. The van der Waals surface area contributed by atoms with Crippen LogP contribution in [0.15, 0.2) is 24.1 Å². The lowest BCUT2D eigenvalue weighted by atomic mass is 10.2. The molecule has 0 saturated heterocycles. The van der Waals surface area contributed by atoms with Gasteiger partial charge in [-0.25, -0.2) is 4.79 Å². The van der Waals surface area contributed by atoms with Gasteiger partial charge in [-0.05, 0) is 17.0 Å². The molecule has 0 fully saturated rings. The first-order valence-corrected chi connectivity index (χ1v) is 6.19. The Hall–Kier alpha value is -1.17. The molecule has 0 bridgehead atoms. The van der Waals surface area contributed by atoms with Crippen LogP contribution in [0, 0.1) is 0 Å². The Kier molecular flexibility index (Phi) is 5.90. The molecule has 1 aromatic rings.